The average molecular weight is 292 g/mol. The third kappa shape index (κ3) is 2.59. The predicted octanol–water partition coefficient (Wildman–Crippen LogP) is 1.36. The lowest BCUT2D eigenvalue weighted by atomic mass is 10.2. The van der Waals surface area contributed by atoms with E-state index in [2.05, 4.69) is 19.6 Å². The number of nitrogens with zero attached hydrogens (tertiary/aromatic N) is 2. The fraction of sp³-hybridized carbons (Fsp3) is 0.0909. The van der Waals surface area contributed by atoms with E-state index in [9.17, 15) is 9.59 Å². The highest BCUT2D eigenvalue weighted by Crippen LogP contribution is 2.23. The Morgan fingerprint density at radius 3 is 3.00 bits per heavy atom. The number of H-pyrrole nitrogens is 2. The lowest BCUT2D eigenvalue weighted by Gasteiger charge is -2.01. The van der Waals surface area contributed by atoms with Crippen LogP contribution in [0, 0.1) is 0 Å². The first-order valence-corrected chi connectivity index (χ1v) is 7.14. The highest BCUT2D eigenvalue weighted by atomic mass is 32.2. The number of aromatic nitrogens is 4. The van der Waals surface area contributed by atoms with Crippen LogP contribution in [0.25, 0.3) is 10.2 Å². The average Bonchev–Trinajstić information content (AvgIpc) is 2.87. The molecule has 0 saturated heterocycles. The van der Waals surface area contributed by atoms with Crippen LogP contribution in [0.5, 0.6) is 0 Å². The van der Waals surface area contributed by atoms with Crippen LogP contribution in [0.3, 0.4) is 0 Å². The maximum Gasteiger partial charge on any atom is 0.314 e. The van der Waals surface area contributed by atoms with Gasteiger partial charge in [0.2, 0.25) is 0 Å². The third-order valence-electron chi connectivity index (χ3n) is 2.48. The first kappa shape index (κ1) is 12.1. The Bertz CT molecular complexity index is 836. The fourth-order valence-corrected chi connectivity index (χ4v) is 2.98. The van der Waals surface area contributed by atoms with Gasteiger partial charge in [-0.05, 0) is 29.2 Å². The van der Waals surface area contributed by atoms with E-state index in [0.717, 1.165) is 15.8 Å². The minimum Gasteiger partial charge on any atom is -0.322 e. The molecule has 0 aliphatic heterocycles. The number of rotatable bonds is 3. The summed E-state index contributed by atoms with van der Waals surface area (Å²) in [5.41, 5.74) is 0.723. The summed E-state index contributed by atoms with van der Waals surface area (Å²) in [5.74, 6) is 0.690. The topological polar surface area (TPSA) is 91.5 Å². The first-order valence-electron chi connectivity index (χ1n) is 5.38. The van der Waals surface area contributed by atoms with Gasteiger partial charge in [-0.2, -0.15) is 0 Å². The number of hydrogen-bond donors (Lipinski definition) is 2. The molecule has 2 heterocycles. The molecule has 8 heteroatoms. The van der Waals surface area contributed by atoms with Crippen molar-refractivity contribution in [2.24, 2.45) is 0 Å². The number of aromatic amines is 2. The molecule has 0 fully saturated rings. The van der Waals surface area contributed by atoms with Crippen LogP contribution >= 0.6 is 23.3 Å². The van der Waals surface area contributed by atoms with Crippen molar-refractivity contribution in [3.63, 3.8) is 0 Å². The molecule has 0 aliphatic rings. The summed E-state index contributed by atoms with van der Waals surface area (Å²) < 4.78 is 4.91. The van der Waals surface area contributed by atoms with E-state index in [1.54, 1.807) is 0 Å². The number of benzene rings is 1. The molecule has 6 nitrogen and oxygen atoms in total. The van der Waals surface area contributed by atoms with E-state index >= 15 is 0 Å². The van der Waals surface area contributed by atoms with Crippen molar-refractivity contribution in [1.82, 2.24) is 19.6 Å². The van der Waals surface area contributed by atoms with Gasteiger partial charge < -0.3 is 9.97 Å². The van der Waals surface area contributed by atoms with E-state index in [4.69, 9.17) is 0 Å². The standard InChI is InChI=1S/C11H8N4O2S2/c16-10-11(17)13-9(4-12-10)18-5-6-1-2-7-8(3-6)19-15-14-7/h1-4H,5H2,(H,12,16)(H,13,17). The van der Waals surface area contributed by atoms with Gasteiger partial charge in [0.15, 0.2) is 0 Å². The Labute approximate surface area is 115 Å². The highest BCUT2D eigenvalue weighted by Gasteiger charge is 2.02. The zero-order valence-electron chi connectivity index (χ0n) is 9.54. The van der Waals surface area contributed by atoms with E-state index < -0.39 is 11.1 Å². The van der Waals surface area contributed by atoms with Crippen LogP contribution in [0.2, 0.25) is 0 Å². The van der Waals surface area contributed by atoms with Gasteiger partial charge in [-0.25, -0.2) is 0 Å². The van der Waals surface area contributed by atoms with Gasteiger partial charge in [-0.1, -0.05) is 10.6 Å². The zero-order chi connectivity index (χ0) is 13.2. The summed E-state index contributed by atoms with van der Waals surface area (Å²) >= 11 is 2.80. The van der Waals surface area contributed by atoms with Crippen molar-refractivity contribution in [3.8, 4) is 0 Å². The maximum absolute atomic E-state index is 11.2. The highest BCUT2D eigenvalue weighted by molar-refractivity contribution is 7.98. The second-order valence-corrected chi connectivity index (χ2v) is 5.60. The van der Waals surface area contributed by atoms with Crippen molar-refractivity contribution >= 4 is 33.5 Å². The Morgan fingerprint density at radius 1 is 1.26 bits per heavy atom. The minimum absolute atomic E-state index is 0.632. The fourth-order valence-electron chi connectivity index (χ4n) is 1.55. The molecule has 0 amide bonds. The predicted molar refractivity (Wildman–Crippen MR) is 74.7 cm³/mol. The van der Waals surface area contributed by atoms with Crippen molar-refractivity contribution < 1.29 is 0 Å². The summed E-state index contributed by atoms with van der Waals surface area (Å²) in [7, 11) is 0. The van der Waals surface area contributed by atoms with Gasteiger partial charge in [0, 0.05) is 11.9 Å². The molecule has 0 saturated carbocycles. The van der Waals surface area contributed by atoms with Crippen molar-refractivity contribution in [3.05, 3.63) is 50.7 Å². The second-order valence-electron chi connectivity index (χ2n) is 3.80. The van der Waals surface area contributed by atoms with Gasteiger partial charge in [-0.3, -0.25) is 9.59 Å². The molecular weight excluding hydrogens is 284 g/mol. The van der Waals surface area contributed by atoms with Crippen LogP contribution in [0.15, 0.2) is 39.0 Å². The second kappa shape index (κ2) is 4.98. The molecule has 2 aromatic heterocycles. The van der Waals surface area contributed by atoms with Crippen LogP contribution < -0.4 is 11.1 Å². The Morgan fingerprint density at radius 2 is 2.16 bits per heavy atom. The van der Waals surface area contributed by atoms with Crippen LogP contribution in [0.4, 0.5) is 0 Å². The summed E-state index contributed by atoms with van der Waals surface area (Å²) in [6.07, 6.45) is 1.50. The molecule has 0 bridgehead atoms. The number of hydrogen-bond acceptors (Lipinski definition) is 6. The number of thioether (sulfide) groups is 1. The quantitative estimate of drug-likeness (QED) is 0.562. The molecule has 3 aromatic rings. The molecule has 2 N–H and O–H groups in total. The number of nitrogens with one attached hydrogen (secondary N) is 2. The van der Waals surface area contributed by atoms with Crippen LogP contribution in [0.1, 0.15) is 5.56 Å². The van der Waals surface area contributed by atoms with Gasteiger partial charge in [0.1, 0.15) is 5.52 Å². The molecular formula is C11H8N4O2S2. The molecule has 0 spiro atoms. The van der Waals surface area contributed by atoms with E-state index in [1.165, 1.54) is 29.5 Å². The smallest absolute Gasteiger partial charge is 0.314 e. The maximum atomic E-state index is 11.2. The van der Waals surface area contributed by atoms with E-state index in [-0.39, 0.29) is 0 Å². The lowest BCUT2D eigenvalue weighted by molar-refractivity contribution is 0.971. The molecule has 1 aromatic carbocycles. The summed E-state index contributed by atoms with van der Waals surface area (Å²) in [4.78, 5) is 27.0. The van der Waals surface area contributed by atoms with E-state index in [0.29, 0.717) is 10.8 Å². The van der Waals surface area contributed by atoms with Gasteiger partial charge in [-0.15, -0.1) is 16.9 Å². The lowest BCUT2D eigenvalue weighted by Crippen LogP contribution is -2.28. The third-order valence-corrected chi connectivity index (χ3v) is 4.18. The van der Waals surface area contributed by atoms with E-state index in [1.807, 2.05) is 18.2 Å². The van der Waals surface area contributed by atoms with Crippen molar-refractivity contribution in [1.29, 1.82) is 0 Å². The van der Waals surface area contributed by atoms with Crippen LogP contribution in [-0.2, 0) is 5.75 Å². The Hall–Kier alpha value is -1.93. The molecule has 0 atom stereocenters. The Kier molecular flexibility index (Phi) is 3.18. The van der Waals surface area contributed by atoms with Gasteiger partial charge in [0.05, 0.1) is 9.73 Å². The normalized spacial score (nSPS) is 10.9. The SMILES string of the molecule is O=c1[nH]cc(SCc2ccc3nnsc3c2)[nH]c1=O. The van der Waals surface area contributed by atoms with Gasteiger partial charge >= 0.3 is 11.1 Å². The first-order chi connectivity index (χ1) is 9.22. The summed E-state index contributed by atoms with van der Waals surface area (Å²) in [6.45, 7) is 0. The van der Waals surface area contributed by atoms with Gasteiger partial charge in [0.25, 0.3) is 0 Å². The summed E-state index contributed by atoms with van der Waals surface area (Å²) in [6, 6.07) is 5.92. The molecule has 0 aliphatic carbocycles. The largest absolute Gasteiger partial charge is 0.322 e. The minimum atomic E-state index is -0.637. The molecule has 0 radical (unpaired) electrons. The number of fused-ring (bicyclic) bond motifs is 1. The van der Waals surface area contributed by atoms with Crippen LogP contribution in [-0.4, -0.2) is 19.6 Å². The van der Waals surface area contributed by atoms with Crippen molar-refractivity contribution in [2.45, 2.75) is 10.8 Å². The molecule has 0 unspecified atom stereocenters. The molecule has 19 heavy (non-hydrogen) atoms. The summed E-state index contributed by atoms with van der Waals surface area (Å²) in [5, 5.41) is 4.61. The monoisotopic (exact) mass is 292 g/mol. The Balaban J connectivity index is 1.79. The van der Waals surface area contributed by atoms with Crippen molar-refractivity contribution in [2.75, 3.05) is 0 Å². The zero-order valence-corrected chi connectivity index (χ0v) is 11.2. The molecule has 3 rings (SSSR count). The molecule has 96 valence electrons.